The van der Waals surface area contributed by atoms with Gasteiger partial charge in [-0.05, 0) is 29.3 Å². The lowest BCUT2D eigenvalue weighted by atomic mass is 9.99. The number of hydrogen-bond donors (Lipinski definition) is 0. The van der Waals surface area contributed by atoms with E-state index in [-0.39, 0.29) is 0 Å². The minimum Gasteiger partial charge on any atom is -0.456 e. The summed E-state index contributed by atoms with van der Waals surface area (Å²) in [6.45, 7) is 0. The van der Waals surface area contributed by atoms with Crippen LogP contribution in [-0.2, 0) is 0 Å². The number of furan rings is 1. The highest BCUT2D eigenvalue weighted by Gasteiger charge is 2.19. The van der Waals surface area contributed by atoms with Crippen LogP contribution >= 0.6 is 0 Å². The Morgan fingerprint density at radius 2 is 0.655 bits per heavy atom. The SMILES string of the molecule is c1ccc(-c2nc(-c3ccccc3)nc(-c3ccc(-c4ccc5oc6cccc(-c7nc(-c8ccccc8)nc(-c8ccccc8)n7)c6c5c4)cc3)n2)cc1. The Hall–Kier alpha value is -7.64. The fourth-order valence-electron chi connectivity index (χ4n) is 6.87. The summed E-state index contributed by atoms with van der Waals surface area (Å²) < 4.78 is 6.41. The molecule has 0 radical (unpaired) electrons. The smallest absolute Gasteiger partial charge is 0.164 e. The van der Waals surface area contributed by atoms with Crippen LogP contribution in [0, 0.1) is 0 Å². The third kappa shape index (κ3) is 6.19. The van der Waals surface area contributed by atoms with E-state index >= 15 is 0 Å². The first-order chi connectivity index (χ1) is 27.2. The normalized spacial score (nSPS) is 11.3. The summed E-state index contributed by atoms with van der Waals surface area (Å²) in [7, 11) is 0. The minimum atomic E-state index is 0.581. The highest BCUT2D eigenvalue weighted by molar-refractivity contribution is 6.12. The Morgan fingerprint density at radius 1 is 0.273 bits per heavy atom. The summed E-state index contributed by atoms with van der Waals surface area (Å²) in [5.41, 5.74) is 9.13. The molecule has 0 aliphatic heterocycles. The maximum Gasteiger partial charge on any atom is 0.164 e. The first kappa shape index (κ1) is 32.0. The van der Waals surface area contributed by atoms with Crippen LogP contribution in [0.15, 0.2) is 186 Å². The molecule has 3 aromatic heterocycles. The fraction of sp³-hybridized carbons (Fsp3) is 0. The second-order valence-electron chi connectivity index (χ2n) is 13.1. The fourth-order valence-corrected chi connectivity index (χ4v) is 6.87. The Balaban J connectivity index is 1.06. The van der Waals surface area contributed by atoms with Crippen molar-refractivity contribution in [1.82, 2.24) is 29.9 Å². The Morgan fingerprint density at radius 3 is 1.11 bits per heavy atom. The second-order valence-corrected chi connectivity index (χ2v) is 13.1. The molecule has 0 atom stereocenters. The Kier molecular flexibility index (Phi) is 8.00. The number of hydrogen-bond acceptors (Lipinski definition) is 7. The maximum atomic E-state index is 6.41. The number of aromatic nitrogens is 6. The highest BCUT2D eigenvalue weighted by atomic mass is 16.3. The van der Waals surface area contributed by atoms with Crippen molar-refractivity contribution in [1.29, 1.82) is 0 Å². The average molecular weight is 707 g/mol. The molecule has 0 unspecified atom stereocenters. The standard InChI is InChI=1S/C48H30N6O/c1-5-14-32(15-6-1)43-49-44(33-16-7-2-8-17-33)51-47(50-43)36-26-24-31(25-27-36)37-28-29-40-39(30-37)42-38(22-13-23-41(42)55-40)48-53-45(34-18-9-3-10-19-34)52-46(54-48)35-20-11-4-12-21-35/h1-30H. The van der Waals surface area contributed by atoms with E-state index in [2.05, 4.69) is 42.5 Å². The second kappa shape index (κ2) is 13.7. The van der Waals surface area contributed by atoms with Crippen LogP contribution in [0.4, 0.5) is 0 Å². The molecule has 258 valence electrons. The predicted molar refractivity (Wildman–Crippen MR) is 219 cm³/mol. The van der Waals surface area contributed by atoms with E-state index in [1.807, 2.05) is 140 Å². The van der Waals surface area contributed by atoms with Gasteiger partial charge in [0, 0.05) is 44.2 Å². The molecule has 10 rings (SSSR count). The van der Waals surface area contributed by atoms with Gasteiger partial charge >= 0.3 is 0 Å². The van der Waals surface area contributed by atoms with E-state index < -0.39 is 0 Å². The summed E-state index contributed by atoms with van der Waals surface area (Å²) in [5.74, 6) is 3.68. The lowest BCUT2D eigenvalue weighted by Crippen LogP contribution is -2.00. The van der Waals surface area contributed by atoms with Crippen molar-refractivity contribution >= 4 is 21.9 Å². The van der Waals surface area contributed by atoms with E-state index in [0.717, 1.165) is 66.4 Å². The molecule has 0 N–H and O–H groups in total. The number of fused-ring (bicyclic) bond motifs is 3. The molecule has 0 saturated carbocycles. The predicted octanol–water partition coefficient (Wildman–Crippen LogP) is 11.6. The monoisotopic (exact) mass is 706 g/mol. The number of nitrogens with zero attached hydrogens (tertiary/aromatic N) is 6. The maximum absolute atomic E-state index is 6.41. The lowest BCUT2D eigenvalue weighted by Gasteiger charge is -2.10. The lowest BCUT2D eigenvalue weighted by molar-refractivity contribution is 0.669. The van der Waals surface area contributed by atoms with E-state index in [9.17, 15) is 0 Å². The highest BCUT2D eigenvalue weighted by Crippen LogP contribution is 2.38. The summed E-state index contributed by atoms with van der Waals surface area (Å²) >= 11 is 0. The molecule has 0 amide bonds. The van der Waals surface area contributed by atoms with E-state index in [0.29, 0.717) is 34.9 Å². The molecule has 0 bridgehead atoms. The summed E-state index contributed by atoms with van der Waals surface area (Å²) in [6.07, 6.45) is 0. The van der Waals surface area contributed by atoms with Gasteiger partial charge in [0.2, 0.25) is 0 Å². The number of rotatable bonds is 7. The van der Waals surface area contributed by atoms with Crippen molar-refractivity contribution in [2.45, 2.75) is 0 Å². The van der Waals surface area contributed by atoms with Crippen LogP contribution < -0.4 is 0 Å². The summed E-state index contributed by atoms with van der Waals surface area (Å²) in [5, 5.41) is 1.93. The topological polar surface area (TPSA) is 90.5 Å². The van der Waals surface area contributed by atoms with Crippen molar-refractivity contribution < 1.29 is 4.42 Å². The van der Waals surface area contributed by atoms with Gasteiger partial charge in [0.15, 0.2) is 34.9 Å². The molecule has 0 saturated heterocycles. The zero-order chi connectivity index (χ0) is 36.6. The first-order valence-electron chi connectivity index (χ1n) is 18.0. The quantitative estimate of drug-likeness (QED) is 0.163. The molecule has 0 fully saturated rings. The van der Waals surface area contributed by atoms with Crippen LogP contribution in [0.1, 0.15) is 0 Å². The van der Waals surface area contributed by atoms with Crippen molar-refractivity contribution in [3.8, 4) is 79.5 Å². The minimum absolute atomic E-state index is 0.581. The van der Waals surface area contributed by atoms with Crippen molar-refractivity contribution in [3.05, 3.63) is 182 Å². The first-order valence-corrected chi connectivity index (χ1v) is 18.0. The molecule has 7 nitrogen and oxygen atoms in total. The molecular weight excluding hydrogens is 677 g/mol. The molecule has 55 heavy (non-hydrogen) atoms. The van der Waals surface area contributed by atoms with Gasteiger partial charge < -0.3 is 4.42 Å². The van der Waals surface area contributed by atoms with Gasteiger partial charge in [-0.1, -0.05) is 164 Å². The zero-order valence-corrected chi connectivity index (χ0v) is 29.4. The van der Waals surface area contributed by atoms with Gasteiger partial charge in [-0.3, -0.25) is 0 Å². The van der Waals surface area contributed by atoms with Crippen LogP contribution in [0.5, 0.6) is 0 Å². The van der Waals surface area contributed by atoms with Gasteiger partial charge in [0.05, 0.1) is 0 Å². The van der Waals surface area contributed by atoms with Crippen molar-refractivity contribution in [3.63, 3.8) is 0 Å². The molecule has 7 heteroatoms. The van der Waals surface area contributed by atoms with Gasteiger partial charge in [0.1, 0.15) is 11.2 Å². The molecule has 10 aromatic rings. The Labute approximate surface area is 316 Å². The van der Waals surface area contributed by atoms with Gasteiger partial charge in [-0.15, -0.1) is 0 Å². The van der Waals surface area contributed by atoms with Crippen LogP contribution in [-0.4, -0.2) is 29.9 Å². The summed E-state index contributed by atoms with van der Waals surface area (Å²) in [4.78, 5) is 29.6. The van der Waals surface area contributed by atoms with E-state index in [1.165, 1.54) is 0 Å². The largest absolute Gasteiger partial charge is 0.456 e. The van der Waals surface area contributed by atoms with Crippen molar-refractivity contribution in [2.24, 2.45) is 0 Å². The average Bonchev–Trinajstić information content (AvgIpc) is 3.66. The Bertz CT molecular complexity index is 2840. The van der Waals surface area contributed by atoms with Crippen molar-refractivity contribution in [2.75, 3.05) is 0 Å². The number of benzene rings is 7. The van der Waals surface area contributed by atoms with Gasteiger partial charge in [0.25, 0.3) is 0 Å². The molecule has 3 heterocycles. The third-order valence-electron chi connectivity index (χ3n) is 9.61. The molecule has 0 spiro atoms. The third-order valence-corrected chi connectivity index (χ3v) is 9.61. The molecule has 0 aliphatic carbocycles. The molecular formula is C48H30N6O. The van der Waals surface area contributed by atoms with E-state index in [1.54, 1.807) is 0 Å². The molecule has 0 aliphatic rings. The van der Waals surface area contributed by atoms with Gasteiger partial charge in [-0.2, -0.15) is 0 Å². The zero-order valence-electron chi connectivity index (χ0n) is 29.4. The van der Waals surface area contributed by atoms with Gasteiger partial charge in [-0.25, -0.2) is 29.9 Å². The van der Waals surface area contributed by atoms with Crippen LogP contribution in [0.3, 0.4) is 0 Å². The molecule has 7 aromatic carbocycles. The van der Waals surface area contributed by atoms with Crippen LogP contribution in [0.2, 0.25) is 0 Å². The van der Waals surface area contributed by atoms with E-state index in [4.69, 9.17) is 34.3 Å². The van der Waals surface area contributed by atoms with Crippen LogP contribution in [0.25, 0.3) is 101 Å². The summed E-state index contributed by atoms with van der Waals surface area (Å²) in [6, 6.07) is 60.7.